The second-order valence-corrected chi connectivity index (χ2v) is 7.91. The highest BCUT2D eigenvalue weighted by molar-refractivity contribution is 5.94. The first-order valence-corrected chi connectivity index (χ1v) is 10.3. The lowest BCUT2D eigenvalue weighted by Gasteiger charge is -2.24. The first-order chi connectivity index (χ1) is 14.4. The topological polar surface area (TPSA) is 60.9 Å². The van der Waals surface area contributed by atoms with Gasteiger partial charge in [0, 0.05) is 52.3 Å². The molecular weight excluding hydrogens is 378 g/mol. The second-order valence-electron chi connectivity index (χ2n) is 7.91. The Kier molecular flexibility index (Phi) is 6.87. The molecule has 6 nitrogen and oxygen atoms in total. The average molecular weight is 408 g/mol. The van der Waals surface area contributed by atoms with Crippen LogP contribution >= 0.6 is 0 Å². The third-order valence-electron chi connectivity index (χ3n) is 5.45. The molecule has 158 valence electrons. The molecule has 3 rings (SSSR count). The Bertz CT molecular complexity index is 894. The predicted octanol–water partition coefficient (Wildman–Crippen LogP) is 2.79. The molecule has 0 bridgehead atoms. The number of likely N-dealkylation sites (tertiary alicyclic amines) is 1. The van der Waals surface area contributed by atoms with Gasteiger partial charge < -0.3 is 14.7 Å². The Labute approximate surface area is 178 Å². The smallest absolute Gasteiger partial charge is 0.253 e. The molecule has 30 heavy (non-hydrogen) atoms. The summed E-state index contributed by atoms with van der Waals surface area (Å²) in [6.07, 6.45) is 0.262. The second kappa shape index (κ2) is 9.57. The highest BCUT2D eigenvalue weighted by atomic mass is 16.2. The van der Waals surface area contributed by atoms with Gasteiger partial charge in [-0.2, -0.15) is 0 Å². The fraction of sp³-hybridized carbons (Fsp3) is 0.375. The van der Waals surface area contributed by atoms with E-state index in [1.54, 1.807) is 36.0 Å². The van der Waals surface area contributed by atoms with Gasteiger partial charge in [0.2, 0.25) is 11.8 Å². The molecule has 0 saturated carbocycles. The standard InChI is InChI=1S/C24H29N3O3/c1-4-26(15-19-10-12-20(13-11-19)23(29)25(2)3)24(30)21-14-22(28)27(17-21)16-18-8-6-5-7-9-18/h5-13,21H,4,14-17H2,1-3H3. The number of carbonyl (C=O) groups excluding carboxylic acids is 3. The van der Waals surface area contributed by atoms with Gasteiger partial charge in [0.15, 0.2) is 0 Å². The maximum absolute atomic E-state index is 13.1. The molecule has 0 radical (unpaired) electrons. The Hall–Kier alpha value is -3.15. The molecule has 1 heterocycles. The van der Waals surface area contributed by atoms with E-state index in [2.05, 4.69) is 0 Å². The maximum atomic E-state index is 13.1. The molecule has 3 amide bonds. The zero-order chi connectivity index (χ0) is 21.7. The fourth-order valence-corrected chi connectivity index (χ4v) is 3.73. The van der Waals surface area contributed by atoms with E-state index in [0.29, 0.717) is 31.7 Å². The predicted molar refractivity (Wildman–Crippen MR) is 116 cm³/mol. The lowest BCUT2D eigenvalue weighted by Crippen LogP contribution is -2.37. The maximum Gasteiger partial charge on any atom is 0.253 e. The van der Waals surface area contributed by atoms with Crippen LogP contribution in [-0.4, -0.2) is 59.6 Å². The normalized spacial score (nSPS) is 15.9. The average Bonchev–Trinajstić information content (AvgIpc) is 3.12. The van der Waals surface area contributed by atoms with Gasteiger partial charge in [0.05, 0.1) is 5.92 Å². The van der Waals surface area contributed by atoms with Crippen molar-refractivity contribution in [2.45, 2.75) is 26.4 Å². The molecular formula is C24H29N3O3. The van der Waals surface area contributed by atoms with Crippen LogP contribution in [0.3, 0.4) is 0 Å². The molecule has 1 atom stereocenters. The van der Waals surface area contributed by atoms with Gasteiger partial charge >= 0.3 is 0 Å². The van der Waals surface area contributed by atoms with Gasteiger partial charge in [-0.1, -0.05) is 42.5 Å². The monoisotopic (exact) mass is 407 g/mol. The lowest BCUT2D eigenvalue weighted by atomic mass is 10.1. The Balaban J connectivity index is 1.62. The Morgan fingerprint density at radius 3 is 2.27 bits per heavy atom. The highest BCUT2D eigenvalue weighted by Gasteiger charge is 2.36. The van der Waals surface area contributed by atoms with Crippen molar-refractivity contribution in [3.8, 4) is 0 Å². The molecule has 1 aliphatic rings. The summed E-state index contributed by atoms with van der Waals surface area (Å²) in [4.78, 5) is 42.6. The summed E-state index contributed by atoms with van der Waals surface area (Å²) in [6, 6.07) is 17.2. The zero-order valence-corrected chi connectivity index (χ0v) is 17.9. The van der Waals surface area contributed by atoms with Crippen molar-refractivity contribution in [2.24, 2.45) is 5.92 Å². The van der Waals surface area contributed by atoms with E-state index in [4.69, 9.17) is 0 Å². The van der Waals surface area contributed by atoms with Crippen molar-refractivity contribution in [3.63, 3.8) is 0 Å². The van der Waals surface area contributed by atoms with Crippen molar-refractivity contribution < 1.29 is 14.4 Å². The van der Waals surface area contributed by atoms with E-state index in [9.17, 15) is 14.4 Å². The lowest BCUT2D eigenvalue weighted by molar-refractivity contribution is -0.136. The number of carbonyl (C=O) groups is 3. The minimum atomic E-state index is -0.309. The Morgan fingerprint density at radius 2 is 1.67 bits per heavy atom. The quantitative estimate of drug-likeness (QED) is 0.709. The minimum Gasteiger partial charge on any atom is -0.345 e. The van der Waals surface area contributed by atoms with Crippen molar-refractivity contribution >= 4 is 17.7 Å². The number of hydrogen-bond acceptors (Lipinski definition) is 3. The van der Waals surface area contributed by atoms with Crippen LogP contribution in [0.4, 0.5) is 0 Å². The van der Waals surface area contributed by atoms with E-state index >= 15 is 0 Å². The number of hydrogen-bond donors (Lipinski definition) is 0. The van der Waals surface area contributed by atoms with Gasteiger partial charge in [-0.05, 0) is 30.2 Å². The summed E-state index contributed by atoms with van der Waals surface area (Å²) in [5, 5.41) is 0. The summed E-state index contributed by atoms with van der Waals surface area (Å²) in [5.74, 6) is -0.321. The van der Waals surface area contributed by atoms with Crippen LogP contribution in [-0.2, 0) is 22.7 Å². The van der Waals surface area contributed by atoms with Crippen LogP contribution in [0.5, 0.6) is 0 Å². The minimum absolute atomic E-state index is 0.00913. The number of benzene rings is 2. The molecule has 1 fully saturated rings. The number of rotatable bonds is 7. The van der Waals surface area contributed by atoms with Crippen LogP contribution in [0.2, 0.25) is 0 Å². The molecule has 0 N–H and O–H groups in total. The van der Waals surface area contributed by atoms with Gasteiger partial charge in [-0.25, -0.2) is 0 Å². The van der Waals surface area contributed by atoms with E-state index in [-0.39, 0.29) is 30.1 Å². The first-order valence-electron chi connectivity index (χ1n) is 10.3. The molecule has 0 aromatic heterocycles. The fourth-order valence-electron chi connectivity index (χ4n) is 3.73. The summed E-state index contributed by atoms with van der Waals surface area (Å²) < 4.78 is 0. The first kappa shape index (κ1) is 21.6. The molecule has 1 saturated heterocycles. The van der Waals surface area contributed by atoms with Gasteiger partial charge in [-0.3, -0.25) is 14.4 Å². The van der Waals surface area contributed by atoms with Gasteiger partial charge in [0.25, 0.3) is 5.91 Å². The molecule has 2 aromatic rings. The van der Waals surface area contributed by atoms with E-state index in [1.165, 1.54) is 4.90 Å². The third-order valence-corrected chi connectivity index (χ3v) is 5.45. The van der Waals surface area contributed by atoms with Crippen LogP contribution in [0.15, 0.2) is 54.6 Å². The highest BCUT2D eigenvalue weighted by Crippen LogP contribution is 2.23. The molecule has 2 aromatic carbocycles. The summed E-state index contributed by atoms with van der Waals surface area (Å²) in [7, 11) is 3.44. The third kappa shape index (κ3) is 5.06. The van der Waals surface area contributed by atoms with Crippen molar-refractivity contribution in [2.75, 3.05) is 27.2 Å². The van der Waals surface area contributed by atoms with E-state index < -0.39 is 0 Å². The van der Waals surface area contributed by atoms with Gasteiger partial charge in [0.1, 0.15) is 0 Å². The van der Waals surface area contributed by atoms with E-state index in [1.807, 2.05) is 49.4 Å². The summed E-state index contributed by atoms with van der Waals surface area (Å²) >= 11 is 0. The molecule has 0 spiro atoms. The SMILES string of the molecule is CCN(Cc1ccc(C(=O)N(C)C)cc1)C(=O)C1CC(=O)N(Cc2ccccc2)C1. The number of nitrogens with zero attached hydrogens (tertiary/aromatic N) is 3. The van der Waals surface area contributed by atoms with Crippen molar-refractivity contribution in [3.05, 3.63) is 71.3 Å². The largest absolute Gasteiger partial charge is 0.345 e. The van der Waals surface area contributed by atoms with Crippen LogP contribution in [0.25, 0.3) is 0 Å². The van der Waals surface area contributed by atoms with Gasteiger partial charge in [-0.15, -0.1) is 0 Å². The van der Waals surface area contributed by atoms with E-state index in [0.717, 1.165) is 11.1 Å². The van der Waals surface area contributed by atoms with Crippen LogP contribution in [0, 0.1) is 5.92 Å². The Morgan fingerprint density at radius 1 is 1.00 bits per heavy atom. The molecule has 1 aliphatic heterocycles. The summed E-state index contributed by atoms with van der Waals surface area (Å²) in [6.45, 7) is 3.98. The molecule has 6 heteroatoms. The molecule has 1 unspecified atom stereocenters. The summed E-state index contributed by atoms with van der Waals surface area (Å²) in [5.41, 5.74) is 2.65. The van der Waals surface area contributed by atoms with Crippen LogP contribution < -0.4 is 0 Å². The van der Waals surface area contributed by atoms with Crippen LogP contribution in [0.1, 0.15) is 34.8 Å². The van der Waals surface area contributed by atoms with Crippen molar-refractivity contribution in [1.29, 1.82) is 0 Å². The number of amides is 3. The molecule has 0 aliphatic carbocycles. The zero-order valence-electron chi connectivity index (χ0n) is 17.9. The van der Waals surface area contributed by atoms with Crippen molar-refractivity contribution in [1.82, 2.24) is 14.7 Å².